The molecule has 2 aromatic heterocycles. The summed E-state index contributed by atoms with van der Waals surface area (Å²) in [6.45, 7) is 4.62. The fourth-order valence-corrected chi connectivity index (χ4v) is 3.05. The number of benzene rings is 1. The smallest absolute Gasteiger partial charge is 0.280 e. The molecule has 0 radical (unpaired) electrons. The van der Waals surface area contributed by atoms with E-state index in [2.05, 4.69) is 39.1 Å². The summed E-state index contributed by atoms with van der Waals surface area (Å²) in [5.74, 6) is 0.574. The minimum Gasteiger partial charge on any atom is -0.379 e. The maximum absolute atomic E-state index is 12.3. The van der Waals surface area contributed by atoms with Crippen LogP contribution in [0.5, 0.6) is 0 Å². The second-order valence-corrected chi connectivity index (χ2v) is 6.94. The van der Waals surface area contributed by atoms with Crippen LogP contribution in [0.4, 0.5) is 11.6 Å². The van der Waals surface area contributed by atoms with E-state index in [-0.39, 0.29) is 22.9 Å². The maximum atomic E-state index is 12.3. The zero-order chi connectivity index (χ0) is 20.1. The first-order valence-electron chi connectivity index (χ1n) is 9.34. The number of Topliss-reactive ketones (excluding diaryl/α,β-unsaturated/α-hetero) is 1. The Kier molecular flexibility index (Phi) is 5.98. The Morgan fingerprint density at radius 2 is 2.00 bits per heavy atom. The van der Waals surface area contributed by atoms with Gasteiger partial charge in [0, 0.05) is 17.7 Å². The molecule has 2 heterocycles. The molecule has 0 amide bonds. The molecule has 3 aromatic rings. The number of nitrogen functional groups attached to an aromatic ring is 1. The van der Waals surface area contributed by atoms with E-state index in [1.54, 1.807) is 6.20 Å². The quantitative estimate of drug-likeness (QED) is 0.513. The van der Waals surface area contributed by atoms with E-state index in [0.29, 0.717) is 30.1 Å². The monoisotopic (exact) mass is 380 g/mol. The first-order valence-corrected chi connectivity index (χ1v) is 9.34. The van der Waals surface area contributed by atoms with Gasteiger partial charge < -0.3 is 11.1 Å². The summed E-state index contributed by atoms with van der Waals surface area (Å²) in [6.07, 6.45) is 4.27. The van der Waals surface area contributed by atoms with E-state index in [4.69, 9.17) is 5.73 Å². The van der Waals surface area contributed by atoms with E-state index in [0.717, 1.165) is 18.5 Å². The molecule has 0 saturated carbocycles. The zero-order valence-corrected chi connectivity index (χ0v) is 16.0. The molecule has 0 aliphatic rings. The van der Waals surface area contributed by atoms with Gasteiger partial charge in [0.15, 0.2) is 16.9 Å². The number of ketones is 1. The number of rotatable bonds is 8. The lowest BCUT2D eigenvalue weighted by Crippen LogP contribution is -2.15. The van der Waals surface area contributed by atoms with Gasteiger partial charge in [0.25, 0.3) is 5.56 Å². The molecule has 1 atom stereocenters. The number of nitrogens with two attached hydrogens (primary N) is 1. The summed E-state index contributed by atoms with van der Waals surface area (Å²) in [6, 6.07) is 7.38. The van der Waals surface area contributed by atoms with Crippen molar-refractivity contribution >= 4 is 28.6 Å². The molecule has 3 rings (SSSR count). The predicted molar refractivity (Wildman–Crippen MR) is 109 cm³/mol. The predicted octanol–water partition coefficient (Wildman–Crippen LogP) is 2.92. The van der Waals surface area contributed by atoms with Gasteiger partial charge in [0.2, 0.25) is 5.95 Å². The summed E-state index contributed by atoms with van der Waals surface area (Å²) in [7, 11) is 0. The summed E-state index contributed by atoms with van der Waals surface area (Å²) in [4.78, 5) is 39.0. The number of nitrogens with one attached hydrogen (secondary N) is 2. The number of aromatic nitrogens is 4. The van der Waals surface area contributed by atoms with E-state index in [1.807, 2.05) is 24.3 Å². The van der Waals surface area contributed by atoms with Crippen molar-refractivity contribution in [2.45, 2.75) is 39.7 Å². The molecule has 0 aliphatic heterocycles. The standard InChI is InChI=1S/C20H24N6O2/c1-3-4-12(2)9-16(27)13-5-7-14(8-6-13)22-10-15-11-23-18-17(24-15)19(28)26-20(21)25-18/h5-8,11-12,22H,3-4,9-10H2,1-2H3,(H3,21,23,25,26,28)/t12-/m0/s1. The van der Waals surface area contributed by atoms with Gasteiger partial charge in [0.05, 0.1) is 18.4 Å². The molecule has 0 unspecified atom stereocenters. The van der Waals surface area contributed by atoms with Gasteiger partial charge in [-0.3, -0.25) is 14.6 Å². The highest BCUT2D eigenvalue weighted by Crippen LogP contribution is 2.17. The molecule has 8 nitrogen and oxygen atoms in total. The SMILES string of the molecule is CCC[C@H](C)CC(=O)c1ccc(NCc2cnc3nc(N)[nH]c(=O)c3n2)cc1. The summed E-state index contributed by atoms with van der Waals surface area (Å²) < 4.78 is 0. The highest BCUT2D eigenvalue weighted by Gasteiger charge is 2.11. The summed E-state index contributed by atoms with van der Waals surface area (Å²) in [5.41, 5.74) is 7.61. The Hall–Kier alpha value is -3.29. The van der Waals surface area contributed by atoms with E-state index < -0.39 is 5.56 Å². The van der Waals surface area contributed by atoms with Crippen LogP contribution in [0.25, 0.3) is 11.2 Å². The second kappa shape index (κ2) is 8.60. The molecular weight excluding hydrogens is 356 g/mol. The Morgan fingerprint density at radius 1 is 1.25 bits per heavy atom. The van der Waals surface area contributed by atoms with Crippen molar-refractivity contribution < 1.29 is 4.79 Å². The molecule has 28 heavy (non-hydrogen) atoms. The van der Waals surface area contributed by atoms with Gasteiger partial charge in [-0.2, -0.15) is 4.98 Å². The van der Waals surface area contributed by atoms with Gasteiger partial charge in [-0.05, 0) is 30.2 Å². The van der Waals surface area contributed by atoms with Crippen LogP contribution >= 0.6 is 0 Å². The van der Waals surface area contributed by atoms with Crippen LogP contribution in [0.2, 0.25) is 0 Å². The van der Waals surface area contributed by atoms with Gasteiger partial charge in [-0.25, -0.2) is 9.97 Å². The van der Waals surface area contributed by atoms with Crippen molar-refractivity contribution in [3.8, 4) is 0 Å². The van der Waals surface area contributed by atoms with Gasteiger partial charge in [-0.1, -0.05) is 26.7 Å². The van der Waals surface area contributed by atoms with Crippen LogP contribution in [0.1, 0.15) is 49.2 Å². The highest BCUT2D eigenvalue weighted by atomic mass is 16.1. The van der Waals surface area contributed by atoms with E-state index in [9.17, 15) is 9.59 Å². The van der Waals surface area contributed by atoms with Crippen molar-refractivity contribution in [1.82, 2.24) is 19.9 Å². The Morgan fingerprint density at radius 3 is 2.71 bits per heavy atom. The lowest BCUT2D eigenvalue weighted by Gasteiger charge is -2.10. The minimum absolute atomic E-state index is 0.0106. The minimum atomic E-state index is -0.419. The van der Waals surface area contributed by atoms with Gasteiger partial charge >= 0.3 is 0 Å². The number of aromatic amines is 1. The first-order chi connectivity index (χ1) is 13.5. The number of hydrogen-bond acceptors (Lipinski definition) is 7. The molecule has 0 bridgehead atoms. The van der Waals surface area contributed by atoms with Crippen molar-refractivity contribution in [2.75, 3.05) is 11.1 Å². The van der Waals surface area contributed by atoms with Crippen LogP contribution in [0, 0.1) is 5.92 Å². The third-order valence-electron chi connectivity index (χ3n) is 4.48. The molecule has 146 valence electrons. The first kappa shape index (κ1) is 19.5. The fourth-order valence-electron chi connectivity index (χ4n) is 3.05. The molecule has 0 spiro atoms. The average Bonchev–Trinajstić information content (AvgIpc) is 2.67. The number of fused-ring (bicyclic) bond motifs is 1. The zero-order valence-electron chi connectivity index (χ0n) is 16.0. The third-order valence-corrected chi connectivity index (χ3v) is 4.48. The number of H-pyrrole nitrogens is 1. The Bertz CT molecular complexity index is 1030. The number of carbonyl (C=O) groups excluding carboxylic acids is 1. The normalized spacial score (nSPS) is 12.1. The number of anilines is 2. The molecule has 4 N–H and O–H groups in total. The number of nitrogens with zero attached hydrogens (tertiary/aromatic N) is 3. The number of hydrogen-bond donors (Lipinski definition) is 3. The Labute approximate surface area is 162 Å². The van der Waals surface area contributed by atoms with Crippen molar-refractivity contribution in [3.63, 3.8) is 0 Å². The van der Waals surface area contributed by atoms with Gasteiger partial charge in [0.1, 0.15) is 0 Å². The topological polar surface area (TPSA) is 127 Å². The van der Waals surface area contributed by atoms with Gasteiger partial charge in [-0.15, -0.1) is 0 Å². The largest absolute Gasteiger partial charge is 0.379 e. The van der Waals surface area contributed by atoms with E-state index in [1.165, 1.54) is 0 Å². The average molecular weight is 380 g/mol. The van der Waals surface area contributed by atoms with Crippen molar-refractivity contribution in [3.05, 3.63) is 52.1 Å². The maximum Gasteiger partial charge on any atom is 0.280 e. The van der Waals surface area contributed by atoms with Crippen molar-refractivity contribution in [1.29, 1.82) is 0 Å². The van der Waals surface area contributed by atoms with Crippen LogP contribution in [0.3, 0.4) is 0 Å². The molecule has 1 aromatic carbocycles. The molecule has 0 saturated heterocycles. The van der Waals surface area contributed by atoms with Crippen LogP contribution in [-0.4, -0.2) is 25.7 Å². The number of carbonyl (C=O) groups is 1. The highest BCUT2D eigenvalue weighted by molar-refractivity contribution is 5.96. The fraction of sp³-hybridized carbons (Fsp3) is 0.350. The molecule has 0 aliphatic carbocycles. The summed E-state index contributed by atoms with van der Waals surface area (Å²) >= 11 is 0. The lowest BCUT2D eigenvalue weighted by molar-refractivity contribution is 0.0962. The van der Waals surface area contributed by atoms with Crippen LogP contribution < -0.4 is 16.6 Å². The molecular formula is C20H24N6O2. The summed E-state index contributed by atoms with van der Waals surface area (Å²) in [5, 5.41) is 3.21. The molecule has 8 heteroatoms. The van der Waals surface area contributed by atoms with Crippen LogP contribution in [0.15, 0.2) is 35.3 Å². The Balaban J connectivity index is 1.64. The van der Waals surface area contributed by atoms with E-state index >= 15 is 0 Å². The van der Waals surface area contributed by atoms with Crippen molar-refractivity contribution in [2.24, 2.45) is 5.92 Å². The molecule has 0 fully saturated rings. The lowest BCUT2D eigenvalue weighted by atomic mass is 9.96. The van der Waals surface area contributed by atoms with Crippen LogP contribution in [-0.2, 0) is 6.54 Å². The second-order valence-electron chi connectivity index (χ2n) is 6.94. The third kappa shape index (κ3) is 4.70.